The van der Waals surface area contributed by atoms with Crippen LogP contribution in [0.15, 0.2) is 65.8 Å². The molecule has 13 heteroatoms. The molecule has 1 aliphatic rings. The maximum absolute atomic E-state index is 13.1. The molecular formula is C26H25N5O6S2. The third-order valence-electron chi connectivity index (χ3n) is 5.96. The molecule has 0 saturated carbocycles. The second-order valence-electron chi connectivity index (χ2n) is 8.50. The molecule has 5 rings (SSSR count). The van der Waals surface area contributed by atoms with Crippen molar-refractivity contribution >= 4 is 54.6 Å². The first-order valence-corrected chi connectivity index (χ1v) is 14.2. The average Bonchev–Trinajstić information content (AvgIpc) is 3.37. The van der Waals surface area contributed by atoms with E-state index in [0.717, 1.165) is 10.3 Å². The van der Waals surface area contributed by atoms with E-state index in [1.807, 2.05) is 11.0 Å². The first-order valence-electron chi connectivity index (χ1n) is 11.9. The van der Waals surface area contributed by atoms with Crippen LogP contribution in [-0.2, 0) is 24.3 Å². The third-order valence-corrected chi connectivity index (χ3v) is 8.43. The fourth-order valence-electron chi connectivity index (χ4n) is 3.98. The highest BCUT2D eigenvalue weighted by atomic mass is 32.2. The van der Waals surface area contributed by atoms with Crippen molar-refractivity contribution in [1.29, 1.82) is 0 Å². The summed E-state index contributed by atoms with van der Waals surface area (Å²) >= 11 is 1.24. The molecule has 1 atom stereocenters. The Morgan fingerprint density at radius 3 is 2.82 bits per heavy atom. The fourth-order valence-corrected chi connectivity index (χ4v) is 6.18. The van der Waals surface area contributed by atoms with Gasteiger partial charge in [-0.15, -0.1) is 11.3 Å². The van der Waals surface area contributed by atoms with Crippen molar-refractivity contribution in [2.24, 2.45) is 0 Å². The maximum atomic E-state index is 13.1. The number of morpholine rings is 1. The number of anilines is 2. The van der Waals surface area contributed by atoms with Gasteiger partial charge in [-0.05, 0) is 35.9 Å². The van der Waals surface area contributed by atoms with Crippen molar-refractivity contribution < 1.29 is 27.4 Å². The van der Waals surface area contributed by atoms with E-state index in [0.29, 0.717) is 47.6 Å². The zero-order chi connectivity index (χ0) is 27.4. The van der Waals surface area contributed by atoms with Crippen molar-refractivity contribution in [3.05, 3.63) is 72.1 Å². The molecule has 0 spiro atoms. The number of hydrogen-bond donors (Lipinski definition) is 1. The average molecular weight is 568 g/mol. The van der Waals surface area contributed by atoms with Crippen LogP contribution in [0.4, 0.5) is 10.9 Å². The van der Waals surface area contributed by atoms with Gasteiger partial charge in [-0.25, -0.2) is 28.2 Å². The molecule has 0 amide bonds. The molecule has 1 N–H and O–H groups in total. The number of nitrogens with zero attached hydrogens (tertiary/aromatic N) is 4. The van der Waals surface area contributed by atoms with Gasteiger partial charge in [0.1, 0.15) is 11.1 Å². The number of thiophene rings is 1. The highest BCUT2D eigenvalue weighted by Crippen LogP contribution is 2.32. The predicted molar refractivity (Wildman–Crippen MR) is 147 cm³/mol. The van der Waals surface area contributed by atoms with E-state index in [2.05, 4.69) is 24.4 Å². The standard InChI is InChI=1S/C26H25N5O6S2/c1-35-23-8-7-18(14-27-23)21-16-31(10-11-37-21)26-28-15-22-20(29-26)13-24(38-22)30-39(33,34)19-5-3-4-17(12-19)6-9-25(32)36-2/h3-9,12-15,21,30H,10-11,16H2,1-2H3. The lowest BCUT2D eigenvalue weighted by Crippen LogP contribution is -2.39. The van der Waals surface area contributed by atoms with Gasteiger partial charge < -0.3 is 19.1 Å². The second-order valence-corrected chi connectivity index (χ2v) is 11.3. The van der Waals surface area contributed by atoms with E-state index in [9.17, 15) is 13.2 Å². The van der Waals surface area contributed by atoms with Gasteiger partial charge in [0.05, 0.1) is 48.7 Å². The first-order chi connectivity index (χ1) is 18.8. The van der Waals surface area contributed by atoms with E-state index >= 15 is 0 Å². The number of pyridine rings is 1. The number of methoxy groups -OCH3 is 2. The molecule has 1 aliphatic heterocycles. The smallest absolute Gasteiger partial charge is 0.330 e. The summed E-state index contributed by atoms with van der Waals surface area (Å²) in [5.74, 6) is 0.541. The summed E-state index contributed by atoms with van der Waals surface area (Å²) in [6, 6.07) is 11.7. The van der Waals surface area contributed by atoms with Crippen LogP contribution in [0.2, 0.25) is 0 Å². The fraction of sp³-hybridized carbons (Fsp3) is 0.231. The van der Waals surface area contributed by atoms with Crippen LogP contribution in [-0.4, -0.2) is 63.3 Å². The van der Waals surface area contributed by atoms with Crippen molar-refractivity contribution in [3.63, 3.8) is 0 Å². The molecule has 4 aromatic rings. The summed E-state index contributed by atoms with van der Waals surface area (Å²) in [6.45, 7) is 1.67. The number of benzene rings is 1. The monoisotopic (exact) mass is 567 g/mol. The number of esters is 1. The Bertz CT molecular complexity index is 1620. The first kappa shape index (κ1) is 26.5. The third kappa shape index (κ3) is 6.16. The molecule has 1 unspecified atom stereocenters. The molecule has 0 bridgehead atoms. The summed E-state index contributed by atoms with van der Waals surface area (Å²) in [5, 5.41) is 0.413. The summed E-state index contributed by atoms with van der Waals surface area (Å²) in [6.07, 6.45) is 5.95. The Kier molecular flexibility index (Phi) is 7.72. The molecule has 11 nitrogen and oxygen atoms in total. The second kappa shape index (κ2) is 11.4. The largest absolute Gasteiger partial charge is 0.481 e. The summed E-state index contributed by atoms with van der Waals surface area (Å²) in [7, 11) is -1.04. The van der Waals surface area contributed by atoms with Crippen LogP contribution in [0.25, 0.3) is 16.3 Å². The highest BCUT2D eigenvalue weighted by molar-refractivity contribution is 7.93. The van der Waals surface area contributed by atoms with Crippen molar-refractivity contribution in [3.8, 4) is 5.88 Å². The molecule has 1 aromatic carbocycles. The number of carbonyl (C=O) groups excluding carboxylic acids is 1. The van der Waals surface area contributed by atoms with Gasteiger partial charge >= 0.3 is 5.97 Å². The van der Waals surface area contributed by atoms with Gasteiger partial charge in [0.2, 0.25) is 11.8 Å². The normalized spacial score (nSPS) is 15.9. The summed E-state index contributed by atoms with van der Waals surface area (Å²) in [5.41, 5.74) is 2.11. The van der Waals surface area contributed by atoms with Gasteiger partial charge in [0.15, 0.2) is 0 Å². The van der Waals surface area contributed by atoms with E-state index < -0.39 is 16.0 Å². The Morgan fingerprint density at radius 1 is 1.18 bits per heavy atom. The molecule has 4 heterocycles. The molecule has 3 aromatic heterocycles. The number of sulfonamides is 1. The van der Waals surface area contributed by atoms with Crippen LogP contribution in [0, 0.1) is 0 Å². The van der Waals surface area contributed by atoms with Crippen LogP contribution >= 0.6 is 11.3 Å². The van der Waals surface area contributed by atoms with Gasteiger partial charge in [-0.3, -0.25) is 4.72 Å². The van der Waals surface area contributed by atoms with E-state index in [1.165, 1.54) is 42.7 Å². The van der Waals surface area contributed by atoms with Gasteiger partial charge in [-0.1, -0.05) is 12.1 Å². The summed E-state index contributed by atoms with van der Waals surface area (Å²) in [4.78, 5) is 26.9. The van der Waals surface area contributed by atoms with Crippen molar-refractivity contribution in [2.75, 3.05) is 43.5 Å². The number of nitrogens with one attached hydrogen (secondary N) is 1. The SMILES string of the molecule is COC(=O)C=Cc1cccc(S(=O)(=O)Nc2cc3nc(N4CCOC(c5ccc(OC)nc5)C4)ncc3s2)c1. The lowest BCUT2D eigenvalue weighted by Gasteiger charge is -2.33. The zero-order valence-corrected chi connectivity index (χ0v) is 22.7. The number of fused-ring (bicyclic) bond motifs is 1. The quantitative estimate of drug-likeness (QED) is 0.248. The number of carbonyl (C=O) groups is 1. The molecule has 39 heavy (non-hydrogen) atoms. The van der Waals surface area contributed by atoms with Crippen LogP contribution in [0.3, 0.4) is 0 Å². The van der Waals surface area contributed by atoms with Crippen molar-refractivity contribution in [1.82, 2.24) is 15.0 Å². The number of rotatable bonds is 8. The van der Waals surface area contributed by atoms with Crippen LogP contribution in [0.1, 0.15) is 17.2 Å². The number of ether oxygens (including phenoxy) is 3. The minimum absolute atomic E-state index is 0.0612. The van der Waals surface area contributed by atoms with Crippen LogP contribution < -0.4 is 14.4 Å². The molecule has 1 fully saturated rings. The topological polar surface area (TPSA) is 133 Å². The Hall–Kier alpha value is -4.07. The number of aromatic nitrogens is 3. The van der Waals surface area contributed by atoms with Gasteiger partial charge in [0.25, 0.3) is 10.0 Å². The highest BCUT2D eigenvalue weighted by Gasteiger charge is 2.25. The predicted octanol–water partition coefficient (Wildman–Crippen LogP) is 3.66. The van der Waals surface area contributed by atoms with Gasteiger partial charge in [-0.2, -0.15) is 0 Å². The zero-order valence-electron chi connectivity index (χ0n) is 21.1. The van der Waals surface area contributed by atoms with Gasteiger partial charge in [0, 0.05) is 30.4 Å². The lowest BCUT2D eigenvalue weighted by molar-refractivity contribution is -0.134. The summed E-state index contributed by atoms with van der Waals surface area (Å²) < 4.78 is 45.1. The van der Waals surface area contributed by atoms with E-state index in [1.54, 1.807) is 43.8 Å². The molecule has 0 aliphatic carbocycles. The molecule has 202 valence electrons. The Balaban J connectivity index is 1.32. The molecule has 1 saturated heterocycles. The number of hydrogen-bond acceptors (Lipinski definition) is 11. The van der Waals surface area contributed by atoms with E-state index in [4.69, 9.17) is 9.47 Å². The minimum Gasteiger partial charge on any atom is -0.481 e. The van der Waals surface area contributed by atoms with E-state index in [-0.39, 0.29) is 11.0 Å². The van der Waals surface area contributed by atoms with Crippen LogP contribution in [0.5, 0.6) is 5.88 Å². The maximum Gasteiger partial charge on any atom is 0.330 e. The minimum atomic E-state index is -3.88. The Morgan fingerprint density at radius 2 is 2.05 bits per heavy atom. The molecule has 0 radical (unpaired) electrons. The molecular weight excluding hydrogens is 542 g/mol. The Labute approximate surface area is 229 Å². The van der Waals surface area contributed by atoms with Crippen molar-refractivity contribution in [2.45, 2.75) is 11.0 Å². The lowest BCUT2D eigenvalue weighted by atomic mass is 10.1.